The number of aryl methyl sites for hydroxylation is 3. The van der Waals surface area contributed by atoms with Crippen LogP contribution in [-0.4, -0.2) is 15.1 Å². The van der Waals surface area contributed by atoms with Crippen molar-refractivity contribution in [2.75, 3.05) is 0 Å². The van der Waals surface area contributed by atoms with Crippen LogP contribution in [0.25, 0.3) is 0 Å². The molecule has 28 heavy (non-hydrogen) atoms. The summed E-state index contributed by atoms with van der Waals surface area (Å²) in [5.41, 5.74) is 3.46. The molecule has 0 spiro atoms. The lowest BCUT2D eigenvalue weighted by Gasteiger charge is -2.20. The fourth-order valence-corrected chi connectivity index (χ4v) is 4.57. The highest BCUT2D eigenvalue weighted by Crippen LogP contribution is 2.25. The van der Waals surface area contributed by atoms with Crippen LogP contribution in [0, 0.1) is 0 Å². The van der Waals surface area contributed by atoms with Crippen LogP contribution < -0.4 is 11.4 Å². The molecule has 0 saturated carbocycles. The van der Waals surface area contributed by atoms with Crippen molar-refractivity contribution >= 4 is 15.1 Å². The van der Waals surface area contributed by atoms with Crippen LogP contribution in [0.15, 0.2) is 72.8 Å². The molecule has 0 bridgehead atoms. The lowest BCUT2D eigenvalue weighted by Crippen LogP contribution is -2.37. The highest BCUT2D eigenvalue weighted by molar-refractivity contribution is 6.39. The Balaban J connectivity index is 1.91. The Labute approximate surface area is 173 Å². The van der Waals surface area contributed by atoms with E-state index in [-0.39, 0.29) is 0 Å². The van der Waals surface area contributed by atoms with E-state index in [1.165, 1.54) is 0 Å². The maximum atomic E-state index is 6.34. The first kappa shape index (κ1) is 20.3. The molecule has 3 rings (SSSR count). The summed E-state index contributed by atoms with van der Waals surface area (Å²) in [6.45, 7) is 6.37. The van der Waals surface area contributed by atoms with Gasteiger partial charge in [0.05, 0.1) is 17.2 Å². The molecule has 0 aliphatic carbocycles. The van der Waals surface area contributed by atoms with Crippen molar-refractivity contribution in [1.29, 1.82) is 0 Å². The molecule has 144 valence electrons. The van der Waals surface area contributed by atoms with Gasteiger partial charge in [0.2, 0.25) is 0 Å². The summed E-state index contributed by atoms with van der Waals surface area (Å²) in [5.74, 6) is 2.51. The van der Waals surface area contributed by atoms with Crippen molar-refractivity contribution in [3.63, 3.8) is 0 Å². The fourth-order valence-electron chi connectivity index (χ4n) is 3.12. The summed E-state index contributed by atoms with van der Waals surface area (Å²) in [4.78, 5) is 0. The second-order valence-corrected chi connectivity index (χ2v) is 7.81. The first-order valence-electron chi connectivity index (χ1n) is 9.98. The van der Waals surface area contributed by atoms with Crippen molar-refractivity contribution < 1.29 is 11.4 Å². The molecule has 0 fully saturated rings. The van der Waals surface area contributed by atoms with Crippen molar-refractivity contribution in [1.82, 2.24) is 0 Å². The Morgan fingerprint density at radius 3 is 1.07 bits per heavy atom. The van der Waals surface area contributed by atoms with Gasteiger partial charge in [0, 0.05) is 0 Å². The molecule has 0 saturated heterocycles. The van der Waals surface area contributed by atoms with E-state index in [0.29, 0.717) is 0 Å². The number of hydrogen-bond acceptors (Lipinski definition) is 3. The van der Waals surface area contributed by atoms with E-state index in [2.05, 4.69) is 39.0 Å². The Bertz CT molecular complexity index is 777. The highest BCUT2D eigenvalue weighted by Gasteiger charge is 2.45. The zero-order chi connectivity index (χ0) is 19.8. The van der Waals surface area contributed by atoms with E-state index in [4.69, 9.17) is 11.4 Å². The van der Waals surface area contributed by atoms with Crippen LogP contribution >= 0.6 is 0 Å². The lowest BCUT2D eigenvalue weighted by atomic mass is 10.1. The van der Waals surface area contributed by atoms with Gasteiger partial charge in [0.1, 0.15) is 0 Å². The van der Waals surface area contributed by atoms with Gasteiger partial charge in [0.15, 0.2) is 0 Å². The molecule has 0 heterocycles. The first-order valence-corrected chi connectivity index (χ1v) is 11.4. The molecular formula is C24H27AlO3. The summed E-state index contributed by atoms with van der Waals surface area (Å²) >= 11 is -2.54. The predicted octanol–water partition coefficient (Wildman–Crippen LogP) is 5.90. The third kappa shape index (κ3) is 5.10. The Morgan fingerprint density at radius 2 is 0.786 bits per heavy atom. The topological polar surface area (TPSA) is 27.7 Å². The Kier molecular flexibility index (Phi) is 7.42. The molecule has 3 aromatic rings. The summed E-state index contributed by atoms with van der Waals surface area (Å²) < 4.78 is 19.0. The van der Waals surface area contributed by atoms with Crippen LogP contribution in [-0.2, 0) is 19.3 Å². The highest BCUT2D eigenvalue weighted by atomic mass is 27.3. The second-order valence-electron chi connectivity index (χ2n) is 6.53. The predicted molar refractivity (Wildman–Crippen MR) is 115 cm³/mol. The third-order valence-corrected chi connectivity index (χ3v) is 6.07. The van der Waals surface area contributed by atoms with Gasteiger partial charge in [-0.2, -0.15) is 0 Å². The summed E-state index contributed by atoms with van der Waals surface area (Å²) in [5, 5.41) is 0. The third-order valence-electron chi connectivity index (χ3n) is 4.73. The normalized spacial score (nSPS) is 10.4. The van der Waals surface area contributed by atoms with Gasteiger partial charge in [-0.1, -0.05) is 75.4 Å². The summed E-state index contributed by atoms with van der Waals surface area (Å²) in [7, 11) is 0. The number of rotatable bonds is 9. The van der Waals surface area contributed by atoms with Crippen molar-refractivity contribution in [3.05, 3.63) is 89.5 Å². The zero-order valence-corrected chi connectivity index (χ0v) is 18.0. The average molecular weight is 390 g/mol. The van der Waals surface area contributed by atoms with Gasteiger partial charge >= 0.3 is 15.1 Å². The van der Waals surface area contributed by atoms with Crippen molar-refractivity contribution in [2.24, 2.45) is 0 Å². The molecule has 3 aromatic carbocycles. The maximum absolute atomic E-state index is 6.34. The molecule has 0 atom stereocenters. The van der Waals surface area contributed by atoms with Gasteiger partial charge in [-0.15, -0.1) is 0 Å². The van der Waals surface area contributed by atoms with Gasteiger partial charge < -0.3 is 11.4 Å². The van der Waals surface area contributed by atoms with E-state index in [1.807, 2.05) is 54.6 Å². The van der Waals surface area contributed by atoms with Gasteiger partial charge in [-0.05, 0) is 54.2 Å². The standard InChI is InChI=1S/3C8H10O.Al/c3*1-2-7-5-3-4-6-8(7)9;/h3*3-6,9H,2H2,1H3;/q;;;+3/p-3. The van der Waals surface area contributed by atoms with Gasteiger partial charge in [0.25, 0.3) is 0 Å². The minimum absolute atomic E-state index is 0.838. The van der Waals surface area contributed by atoms with Gasteiger partial charge in [-0.25, -0.2) is 0 Å². The van der Waals surface area contributed by atoms with Crippen molar-refractivity contribution in [3.8, 4) is 17.2 Å². The van der Waals surface area contributed by atoms with Crippen LogP contribution in [0.1, 0.15) is 37.5 Å². The molecule has 0 unspecified atom stereocenters. The zero-order valence-electron chi connectivity index (χ0n) is 16.9. The minimum Gasteiger partial charge on any atom is -0.577 e. The molecule has 4 heteroatoms. The van der Waals surface area contributed by atoms with Crippen molar-refractivity contribution in [2.45, 2.75) is 40.0 Å². The molecule has 0 N–H and O–H groups in total. The van der Waals surface area contributed by atoms with E-state index >= 15 is 0 Å². The van der Waals surface area contributed by atoms with E-state index in [1.54, 1.807) is 0 Å². The molecule has 0 aliphatic rings. The number of hydrogen-bond donors (Lipinski definition) is 0. The molecule has 0 radical (unpaired) electrons. The van der Waals surface area contributed by atoms with Crippen LogP contribution in [0.2, 0.25) is 0 Å². The van der Waals surface area contributed by atoms with Crippen LogP contribution in [0.3, 0.4) is 0 Å². The average Bonchev–Trinajstić information content (AvgIpc) is 2.75. The molecule has 0 amide bonds. The minimum atomic E-state index is -2.54. The molecule has 0 aromatic heterocycles. The first-order chi connectivity index (χ1) is 13.7. The Hall–Kier alpha value is -2.41. The van der Waals surface area contributed by atoms with Crippen LogP contribution in [0.4, 0.5) is 0 Å². The second kappa shape index (κ2) is 10.2. The smallest absolute Gasteiger partial charge is 0.577 e. The molecule has 0 aliphatic heterocycles. The molecular weight excluding hydrogens is 363 g/mol. The SMILES string of the molecule is CCc1ccccc1[O][Al]([O]c1ccccc1CC)[O]c1ccccc1CC. The van der Waals surface area contributed by atoms with Gasteiger partial charge in [-0.3, -0.25) is 0 Å². The monoisotopic (exact) mass is 390 g/mol. The maximum Gasteiger partial charge on any atom is 1.20 e. The van der Waals surface area contributed by atoms with E-state index in [9.17, 15) is 0 Å². The Morgan fingerprint density at radius 1 is 0.500 bits per heavy atom. The van der Waals surface area contributed by atoms with E-state index < -0.39 is 15.1 Å². The summed E-state index contributed by atoms with van der Waals surface area (Å²) in [6.07, 6.45) is 2.69. The molecule has 3 nitrogen and oxygen atoms in total. The number of benzene rings is 3. The quantitative estimate of drug-likeness (QED) is 0.426. The number of para-hydroxylation sites is 3. The lowest BCUT2D eigenvalue weighted by molar-refractivity contribution is 0.303. The van der Waals surface area contributed by atoms with Crippen LogP contribution in [0.5, 0.6) is 17.2 Å². The fraction of sp³-hybridized carbons (Fsp3) is 0.250. The largest absolute Gasteiger partial charge is 1.20 e. The summed E-state index contributed by atoms with van der Waals surface area (Å²) in [6, 6.07) is 24.3. The van der Waals surface area contributed by atoms with E-state index in [0.717, 1.165) is 53.2 Å².